The van der Waals surface area contributed by atoms with Crippen molar-refractivity contribution < 1.29 is 0 Å². The van der Waals surface area contributed by atoms with Crippen LogP contribution in [-0.4, -0.2) is 36.6 Å². The van der Waals surface area contributed by atoms with Gasteiger partial charge in [-0.05, 0) is 58.2 Å². The Balaban J connectivity index is 2.35. The van der Waals surface area contributed by atoms with E-state index in [0.717, 1.165) is 0 Å². The maximum absolute atomic E-state index is 3.65. The summed E-state index contributed by atoms with van der Waals surface area (Å²) in [6.07, 6.45) is 3.88. The molecule has 0 saturated carbocycles. The lowest BCUT2D eigenvalue weighted by Gasteiger charge is -2.32. The third kappa shape index (κ3) is 5.86. The number of hydrogen-bond donors (Lipinski definition) is 1. The van der Waals surface area contributed by atoms with Crippen molar-refractivity contribution in [1.82, 2.24) is 10.2 Å². The van der Waals surface area contributed by atoms with Gasteiger partial charge in [-0.3, -0.25) is 0 Å². The van der Waals surface area contributed by atoms with Gasteiger partial charge in [0.25, 0.3) is 0 Å². The molecule has 1 fully saturated rings. The summed E-state index contributed by atoms with van der Waals surface area (Å²) in [6, 6.07) is 1.35. The van der Waals surface area contributed by atoms with E-state index in [1.165, 1.54) is 38.9 Å². The largest absolute Gasteiger partial charge is 0.312 e. The molecule has 1 heterocycles. The van der Waals surface area contributed by atoms with Crippen molar-refractivity contribution in [3.05, 3.63) is 0 Å². The fourth-order valence-electron chi connectivity index (χ4n) is 2.23. The highest BCUT2D eigenvalue weighted by molar-refractivity contribution is 4.76. The molecule has 2 heteroatoms. The van der Waals surface area contributed by atoms with Gasteiger partial charge in [0, 0.05) is 12.1 Å². The van der Waals surface area contributed by atoms with E-state index in [1.54, 1.807) is 0 Å². The van der Waals surface area contributed by atoms with Gasteiger partial charge in [0.1, 0.15) is 0 Å². The standard InChI is InChI=1S/C14H30N2/c1-12-6-9-16(10-7-13(2)15-12)11-8-14(3,4)5/h12-13,15H,6-11H2,1-5H3. The van der Waals surface area contributed by atoms with Crippen molar-refractivity contribution in [1.29, 1.82) is 0 Å². The lowest BCUT2D eigenvalue weighted by Crippen LogP contribution is -2.43. The topological polar surface area (TPSA) is 15.3 Å². The van der Waals surface area contributed by atoms with Crippen LogP contribution in [0.3, 0.4) is 0 Å². The molecule has 16 heavy (non-hydrogen) atoms. The van der Waals surface area contributed by atoms with Gasteiger partial charge in [-0.25, -0.2) is 0 Å². The van der Waals surface area contributed by atoms with Gasteiger partial charge in [0.2, 0.25) is 0 Å². The van der Waals surface area contributed by atoms with Gasteiger partial charge in [0.15, 0.2) is 0 Å². The molecule has 0 radical (unpaired) electrons. The van der Waals surface area contributed by atoms with Gasteiger partial charge in [0.05, 0.1) is 0 Å². The highest BCUT2D eigenvalue weighted by Gasteiger charge is 2.17. The van der Waals surface area contributed by atoms with Crippen molar-refractivity contribution in [2.75, 3.05) is 19.6 Å². The van der Waals surface area contributed by atoms with Gasteiger partial charge in [-0.1, -0.05) is 20.8 Å². The summed E-state index contributed by atoms with van der Waals surface area (Å²) in [5.74, 6) is 0. The Morgan fingerprint density at radius 1 is 1.06 bits per heavy atom. The maximum Gasteiger partial charge on any atom is 0.00533 e. The van der Waals surface area contributed by atoms with Crippen LogP contribution in [0.4, 0.5) is 0 Å². The summed E-state index contributed by atoms with van der Waals surface area (Å²) in [6.45, 7) is 15.4. The molecule has 1 N–H and O–H groups in total. The van der Waals surface area contributed by atoms with Crippen LogP contribution in [0.5, 0.6) is 0 Å². The molecule has 1 saturated heterocycles. The minimum Gasteiger partial charge on any atom is -0.312 e. The Bertz CT molecular complexity index is 183. The molecule has 1 aliphatic heterocycles. The van der Waals surface area contributed by atoms with Crippen molar-refractivity contribution in [3.63, 3.8) is 0 Å². The smallest absolute Gasteiger partial charge is 0.00533 e. The number of hydrogen-bond acceptors (Lipinski definition) is 2. The minimum absolute atomic E-state index is 0.470. The molecule has 0 aliphatic carbocycles. The minimum atomic E-state index is 0.470. The lowest BCUT2D eigenvalue weighted by molar-refractivity contribution is 0.192. The van der Waals surface area contributed by atoms with Crippen LogP contribution < -0.4 is 5.32 Å². The molecular formula is C14H30N2. The molecule has 0 amide bonds. The first kappa shape index (κ1) is 14.0. The molecule has 2 unspecified atom stereocenters. The quantitative estimate of drug-likeness (QED) is 0.779. The van der Waals surface area contributed by atoms with Gasteiger partial charge >= 0.3 is 0 Å². The Hall–Kier alpha value is -0.0800. The predicted octanol–water partition coefficient (Wildman–Crippen LogP) is 2.89. The first-order valence-electron chi connectivity index (χ1n) is 6.85. The highest BCUT2D eigenvalue weighted by Crippen LogP contribution is 2.19. The molecule has 0 aromatic carbocycles. The van der Waals surface area contributed by atoms with E-state index in [4.69, 9.17) is 0 Å². The fourth-order valence-corrected chi connectivity index (χ4v) is 2.23. The molecule has 1 aliphatic rings. The summed E-state index contributed by atoms with van der Waals surface area (Å²) < 4.78 is 0. The third-order valence-corrected chi connectivity index (χ3v) is 3.50. The van der Waals surface area contributed by atoms with Crippen molar-refractivity contribution >= 4 is 0 Å². The van der Waals surface area contributed by atoms with Gasteiger partial charge < -0.3 is 10.2 Å². The zero-order valence-electron chi connectivity index (χ0n) is 11.8. The Kier molecular flexibility index (Phi) is 5.26. The molecule has 1 rings (SSSR count). The van der Waals surface area contributed by atoms with E-state index in [0.29, 0.717) is 17.5 Å². The van der Waals surface area contributed by atoms with E-state index < -0.39 is 0 Å². The molecule has 0 aromatic heterocycles. The molecule has 96 valence electrons. The number of rotatable bonds is 2. The van der Waals surface area contributed by atoms with Crippen molar-refractivity contribution in [3.8, 4) is 0 Å². The van der Waals surface area contributed by atoms with E-state index >= 15 is 0 Å². The number of nitrogens with one attached hydrogen (secondary N) is 1. The van der Waals surface area contributed by atoms with Crippen LogP contribution in [0.2, 0.25) is 0 Å². The van der Waals surface area contributed by atoms with Crippen molar-refractivity contribution in [2.24, 2.45) is 5.41 Å². The first-order chi connectivity index (χ1) is 7.37. The zero-order chi connectivity index (χ0) is 12.2. The average Bonchev–Trinajstić information content (AvgIpc) is 2.12. The Labute approximate surface area is 102 Å². The molecule has 0 bridgehead atoms. The van der Waals surface area contributed by atoms with E-state index in [1.807, 2.05) is 0 Å². The molecule has 2 nitrogen and oxygen atoms in total. The van der Waals surface area contributed by atoms with E-state index in [9.17, 15) is 0 Å². The van der Waals surface area contributed by atoms with E-state index in [2.05, 4.69) is 44.8 Å². The van der Waals surface area contributed by atoms with Crippen LogP contribution in [0.15, 0.2) is 0 Å². The highest BCUT2D eigenvalue weighted by atomic mass is 15.1. The zero-order valence-corrected chi connectivity index (χ0v) is 11.8. The van der Waals surface area contributed by atoms with Crippen LogP contribution in [-0.2, 0) is 0 Å². The van der Waals surface area contributed by atoms with Crippen LogP contribution in [0.25, 0.3) is 0 Å². The lowest BCUT2D eigenvalue weighted by atomic mass is 9.92. The average molecular weight is 226 g/mol. The first-order valence-corrected chi connectivity index (χ1v) is 6.85. The number of nitrogens with zero attached hydrogens (tertiary/aromatic N) is 1. The summed E-state index contributed by atoms with van der Waals surface area (Å²) in [5.41, 5.74) is 0.470. The summed E-state index contributed by atoms with van der Waals surface area (Å²) in [7, 11) is 0. The molecular weight excluding hydrogens is 196 g/mol. The predicted molar refractivity (Wildman–Crippen MR) is 71.8 cm³/mol. The molecule has 0 spiro atoms. The normalized spacial score (nSPS) is 29.8. The molecule has 0 aromatic rings. The molecule has 2 atom stereocenters. The SMILES string of the molecule is CC1CCN(CCC(C)(C)C)CCC(C)N1. The second-order valence-corrected chi connectivity index (χ2v) is 6.70. The third-order valence-electron chi connectivity index (χ3n) is 3.50. The monoisotopic (exact) mass is 226 g/mol. The summed E-state index contributed by atoms with van der Waals surface area (Å²) in [5, 5.41) is 3.65. The maximum atomic E-state index is 3.65. The Morgan fingerprint density at radius 2 is 1.56 bits per heavy atom. The van der Waals surface area contributed by atoms with Crippen molar-refractivity contribution in [2.45, 2.75) is 66.0 Å². The fraction of sp³-hybridized carbons (Fsp3) is 1.00. The second-order valence-electron chi connectivity index (χ2n) is 6.70. The van der Waals surface area contributed by atoms with Crippen LogP contribution >= 0.6 is 0 Å². The summed E-state index contributed by atoms with van der Waals surface area (Å²) >= 11 is 0. The van der Waals surface area contributed by atoms with Crippen LogP contribution in [0, 0.1) is 5.41 Å². The van der Waals surface area contributed by atoms with Crippen LogP contribution in [0.1, 0.15) is 53.9 Å². The van der Waals surface area contributed by atoms with Gasteiger partial charge in [-0.2, -0.15) is 0 Å². The van der Waals surface area contributed by atoms with E-state index in [-0.39, 0.29) is 0 Å². The van der Waals surface area contributed by atoms with Gasteiger partial charge in [-0.15, -0.1) is 0 Å². The summed E-state index contributed by atoms with van der Waals surface area (Å²) in [4.78, 5) is 2.65. The Morgan fingerprint density at radius 3 is 2.00 bits per heavy atom. The second kappa shape index (κ2) is 6.02.